The summed E-state index contributed by atoms with van der Waals surface area (Å²) in [5.41, 5.74) is 2.94. The maximum absolute atomic E-state index is 12.1. The van der Waals surface area contributed by atoms with Gasteiger partial charge < -0.3 is 5.32 Å². The summed E-state index contributed by atoms with van der Waals surface area (Å²) in [5.74, 6) is 0.649. The highest BCUT2D eigenvalue weighted by molar-refractivity contribution is 5.79. The van der Waals surface area contributed by atoms with Crippen LogP contribution in [-0.4, -0.2) is 11.4 Å². The summed E-state index contributed by atoms with van der Waals surface area (Å²) in [6.07, 6.45) is 6.16. The lowest BCUT2D eigenvalue weighted by Gasteiger charge is -2.39. The van der Waals surface area contributed by atoms with E-state index in [2.05, 4.69) is 23.2 Å². The fourth-order valence-electron chi connectivity index (χ4n) is 2.94. The largest absolute Gasteiger partial charge is 0.351 e. The summed E-state index contributed by atoms with van der Waals surface area (Å²) in [6, 6.07) is 5.85. The molecule has 0 bridgehead atoms. The van der Waals surface area contributed by atoms with Crippen molar-refractivity contribution in [2.24, 2.45) is 0 Å². The Labute approximate surface area is 120 Å². The van der Waals surface area contributed by atoms with Gasteiger partial charge >= 0.3 is 0 Å². The second-order valence-corrected chi connectivity index (χ2v) is 6.42. The predicted molar refractivity (Wildman–Crippen MR) is 78.8 cm³/mol. The van der Waals surface area contributed by atoms with Crippen LogP contribution < -0.4 is 5.32 Å². The van der Waals surface area contributed by atoms with Gasteiger partial charge in [-0.3, -0.25) is 4.79 Å². The molecule has 2 aliphatic carbocycles. The molecule has 3 rings (SSSR count). The predicted octanol–water partition coefficient (Wildman–Crippen LogP) is 3.72. The van der Waals surface area contributed by atoms with Crippen LogP contribution >= 0.6 is 0 Å². The van der Waals surface area contributed by atoms with Crippen LogP contribution in [0, 0.1) is 6.57 Å². The van der Waals surface area contributed by atoms with E-state index in [-0.39, 0.29) is 11.4 Å². The Morgan fingerprint density at radius 1 is 1.45 bits per heavy atom. The molecule has 3 heteroatoms. The number of benzene rings is 1. The molecule has 0 saturated heterocycles. The highest BCUT2D eigenvalue weighted by Gasteiger charge is 2.33. The zero-order valence-corrected chi connectivity index (χ0v) is 11.9. The second kappa shape index (κ2) is 4.94. The minimum absolute atomic E-state index is 0.0207. The maximum atomic E-state index is 12.1. The zero-order valence-electron chi connectivity index (χ0n) is 11.9. The number of amides is 1. The van der Waals surface area contributed by atoms with Crippen molar-refractivity contribution >= 4 is 11.6 Å². The number of nitrogens with one attached hydrogen (secondary N) is 1. The molecule has 0 spiro atoms. The standard InChI is InChI=1S/C17H20N2O/c1-17(8-3-9-17)19-16(20)11-12-4-7-15(18-2)14(10-12)13-5-6-13/h4,7,10,13H,3,5-6,8-9,11H2,1H3,(H,19,20). The minimum atomic E-state index is 0.0207. The van der Waals surface area contributed by atoms with Crippen molar-refractivity contribution in [1.29, 1.82) is 0 Å². The van der Waals surface area contributed by atoms with Crippen molar-refractivity contribution in [3.63, 3.8) is 0 Å². The minimum Gasteiger partial charge on any atom is -0.351 e. The third-order valence-electron chi connectivity index (χ3n) is 4.49. The summed E-state index contributed by atoms with van der Waals surface area (Å²) >= 11 is 0. The van der Waals surface area contributed by atoms with Crippen LogP contribution in [0.1, 0.15) is 56.1 Å². The van der Waals surface area contributed by atoms with Gasteiger partial charge in [-0.2, -0.15) is 0 Å². The molecular weight excluding hydrogens is 248 g/mol. The molecule has 0 atom stereocenters. The van der Waals surface area contributed by atoms with Crippen molar-refractivity contribution in [3.05, 3.63) is 40.7 Å². The Bertz CT molecular complexity index is 577. The smallest absolute Gasteiger partial charge is 0.224 e. The number of carbonyl (C=O) groups excluding carboxylic acids is 1. The molecule has 2 aliphatic rings. The van der Waals surface area contributed by atoms with Gasteiger partial charge in [0, 0.05) is 5.54 Å². The van der Waals surface area contributed by atoms with Crippen molar-refractivity contribution in [2.75, 3.05) is 0 Å². The third kappa shape index (κ3) is 2.70. The number of carbonyl (C=O) groups is 1. The van der Waals surface area contributed by atoms with Crippen molar-refractivity contribution < 1.29 is 4.79 Å². The van der Waals surface area contributed by atoms with Crippen LogP contribution in [0.4, 0.5) is 5.69 Å². The van der Waals surface area contributed by atoms with Crippen LogP contribution in [0.25, 0.3) is 4.85 Å². The lowest BCUT2D eigenvalue weighted by Crippen LogP contribution is -2.51. The zero-order chi connectivity index (χ0) is 14.2. The van der Waals surface area contributed by atoms with Gasteiger partial charge in [-0.05, 0) is 56.1 Å². The average molecular weight is 268 g/mol. The van der Waals surface area contributed by atoms with Crippen molar-refractivity contribution in [3.8, 4) is 0 Å². The fraction of sp³-hybridized carbons (Fsp3) is 0.529. The van der Waals surface area contributed by atoms with E-state index in [1.54, 1.807) is 0 Å². The third-order valence-corrected chi connectivity index (χ3v) is 4.49. The quantitative estimate of drug-likeness (QED) is 0.830. The molecule has 2 fully saturated rings. The molecule has 1 amide bonds. The molecule has 0 heterocycles. The lowest BCUT2D eigenvalue weighted by molar-refractivity contribution is -0.123. The Hall–Kier alpha value is -1.82. The highest BCUT2D eigenvalue weighted by atomic mass is 16.1. The van der Waals surface area contributed by atoms with Gasteiger partial charge in [0.1, 0.15) is 0 Å². The summed E-state index contributed by atoms with van der Waals surface area (Å²) < 4.78 is 0. The first kappa shape index (κ1) is 13.2. The SMILES string of the molecule is [C-]#[N+]c1ccc(CC(=O)NC2(C)CCC2)cc1C1CC1. The van der Waals surface area contributed by atoms with E-state index in [9.17, 15) is 4.79 Å². The number of hydrogen-bond donors (Lipinski definition) is 1. The van der Waals surface area contributed by atoms with Gasteiger partial charge in [-0.1, -0.05) is 18.2 Å². The normalized spacial score (nSPS) is 19.8. The summed E-state index contributed by atoms with van der Waals surface area (Å²) in [7, 11) is 0. The molecule has 1 aromatic rings. The molecule has 1 aromatic carbocycles. The van der Waals surface area contributed by atoms with E-state index in [1.807, 2.05) is 12.1 Å². The van der Waals surface area contributed by atoms with Gasteiger partial charge in [0.05, 0.1) is 13.0 Å². The van der Waals surface area contributed by atoms with Crippen LogP contribution in [0.15, 0.2) is 18.2 Å². The topological polar surface area (TPSA) is 33.5 Å². The van der Waals surface area contributed by atoms with Crippen LogP contribution in [0.5, 0.6) is 0 Å². The van der Waals surface area contributed by atoms with Gasteiger partial charge in [0.15, 0.2) is 5.69 Å². The summed E-state index contributed by atoms with van der Waals surface area (Å²) in [5, 5.41) is 3.13. The van der Waals surface area contributed by atoms with Crippen LogP contribution in [0.2, 0.25) is 0 Å². The number of rotatable bonds is 4. The van der Waals surface area contributed by atoms with Crippen molar-refractivity contribution in [1.82, 2.24) is 5.32 Å². The van der Waals surface area contributed by atoms with Gasteiger partial charge in [0.2, 0.25) is 5.91 Å². The Balaban J connectivity index is 1.69. The summed E-state index contributed by atoms with van der Waals surface area (Å²) in [6.45, 7) is 9.33. The Morgan fingerprint density at radius 3 is 2.75 bits per heavy atom. The van der Waals surface area contributed by atoms with E-state index in [1.165, 1.54) is 19.3 Å². The van der Waals surface area contributed by atoms with Crippen LogP contribution in [0.3, 0.4) is 0 Å². The van der Waals surface area contributed by atoms with Crippen LogP contribution in [-0.2, 0) is 11.2 Å². The van der Waals surface area contributed by atoms with Crippen molar-refractivity contribution in [2.45, 2.75) is 56.9 Å². The molecule has 3 nitrogen and oxygen atoms in total. The Kier molecular flexibility index (Phi) is 3.25. The molecule has 2 saturated carbocycles. The lowest BCUT2D eigenvalue weighted by atomic mass is 9.78. The number of nitrogens with zero attached hydrogens (tertiary/aromatic N) is 1. The highest BCUT2D eigenvalue weighted by Crippen LogP contribution is 2.44. The molecule has 20 heavy (non-hydrogen) atoms. The average Bonchev–Trinajstić information content (AvgIpc) is 3.21. The van der Waals surface area contributed by atoms with E-state index < -0.39 is 0 Å². The first-order valence-corrected chi connectivity index (χ1v) is 7.41. The molecule has 0 aromatic heterocycles. The summed E-state index contributed by atoms with van der Waals surface area (Å²) in [4.78, 5) is 15.7. The van der Waals surface area contributed by atoms with Gasteiger partial charge in [0.25, 0.3) is 0 Å². The fourth-order valence-corrected chi connectivity index (χ4v) is 2.94. The van der Waals surface area contributed by atoms with Gasteiger partial charge in [-0.25, -0.2) is 4.85 Å². The molecule has 0 radical (unpaired) electrons. The van der Waals surface area contributed by atoms with E-state index >= 15 is 0 Å². The Morgan fingerprint density at radius 2 is 2.20 bits per heavy atom. The monoisotopic (exact) mass is 268 g/mol. The molecule has 0 aliphatic heterocycles. The molecular formula is C17H20N2O. The molecule has 0 unspecified atom stereocenters. The maximum Gasteiger partial charge on any atom is 0.224 e. The van der Waals surface area contributed by atoms with E-state index in [0.717, 1.165) is 29.7 Å². The number of hydrogen-bond acceptors (Lipinski definition) is 1. The first-order valence-electron chi connectivity index (χ1n) is 7.41. The van der Waals surface area contributed by atoms with Gasteiger partial charge in [-0.15, -0.1) is 0 Å². The second-order valence-electron chi connectivity index (χ2n) is 6.42. The first-order chi connectivity index (χ1) is 9.59. The van der Waals surface area contributed by atoms with E-state index in [0.29, 0.717) is 12.3 Å². The molecule has 104 valence electrons. The molecule has 1 N–H and O–H groups in total. The van der Waals surface area contributed by atoms with E-state index in [4.69, 9.17) is 6.57 Å².